The van der Waals surface area contributed by atoms with E-state index in [1.54, 1.807) is 0 Å². The molecule has 0 bridgehead atoms. The average Bonchev–Trinajstić information content (AvgIpc) is 2.37. The molecule has 6 heteroatoms. The van der Waals surface area contributed by atoms with E-state index in [0.717, 1.165) is 12.1 Å². The molecule has 1 amide bonds. The summed E-state index contributed by atoms with van der Waals surface area (Å²) in [4.78, 5) is 22.4. The van der Waals surface area contributed by atoms with Crippen LogP contribution in [0.4, 0.5) is 0 Å². The molecule has 0 saturated carbocycles. The molecule has 0 aliphatic rings. The van der Waals surface area contributed by atoms with Gasteiger partial charge in [-0.1, -0.05) is 25.4 Å². The number of halogens is 1. The monoisotopic (exact) mass is 259 g/mol. The van der Waals surface area contributed by atoms with Crippen molar-refractivity contribution in [2.45, 2.75) is 13.8 Å². The van der Waals surface area contributed by atoms with Crippen LogP contribution in [0.3, 0.4) is 0 Å². The number of aromatic hydroxyl groups is 2. The van der Waals surface area contributed by atoms with Crippen molar-refractivity contribution < 1.29 is 19.8 Å². The topological polar surface area (TPSA) is 86.6 Å². The molecule has 1 aromatic rings. The maximum absolute atomic E-state index is 11.4. The summed E-state index contributed by atoms with van der Waals surface area (Å²) >= 11 is 5.58. The van der Waals surface area contributed by atoms with E-state index in [4.69, 9.17) is 16.7 Å². The Kier molecular flexibility index (Phi) is 6.06. The van der Waals surface area contributed by atoms with Gasteiger partial charge in [0.05, 0.1) is 10.6 Å². The van der Waals surface area contributed by atoms with E-state index in [1.165, 1.54) is 7.05 Å². The van der Waals surface area contributed by atoms with E-state index in [1.807, 2.05) is 13.8 Å². The normalized spacial score (nSPS) is 8.94. The number of benzene rings is 1. The number of hydrogen-bond acceptors (Lipinski definition) is 4. The molecule has 1 rings (SSSR count). The van der Waals surface area contributed by atoms with Crippen LogP contribution in [0.5, 0.6) is 11.5 Å². The number of phenols is 2. The number of carbonyl (C=O) groups excluding carboxylic acids is 2. The summed E-state index contributed by atoms with van der Waals surface area (Å²) in [6.45, 7) is 4.00. The Balaban J connectivity index is 0.00000121. The fourth-order valence-corrected chi connectivity index (χ4v) is 1.21. The molecule has 3 N–H and O–H groups in total. The zero-order valence-corrected chi connectivity index (χ0v) is 10.5. The molecule has 17 heavy (non-hydrogen) atoms. The minimum atomic E-state index is -0.877. The third-order valence-corrected chi connectivity index (χ3v) is 2.16. The molecule has 0 atom stereocenters. The van der Waals surface area contributed by atoms with Gasteiger partial charge in [-0.05, 0) is 12.1 Å². The first-order valence-electron chi connectivity index (χ1n) is 4.96. The van der Waals surface area contributed by atoms with Crippen molar-refractivity contribution in [3.63, 3.8) is 0 Å². The lowest BCUT2D eigenvalue weighted by Crippen LogP contribution is -2.27. The summed E-state index contributed by atoms with van der Waals surface area (Å²) in [6, 6.07) is 2.24. The molecule has 5 nitrogen and oxygen atoms in total. The quantitative estimate of drug-likeness (QED) is 0.429. The first-order chi connectivity index (χ1) is 7.99. The van der Waals surface area contributed by atoms with Gasteiger partial charge in [0.1, 0.15) is 0 Å². The van der Waals surface area contributed by atoms with Crippen LogP contribution in [0.25, 0.3) is 0 Å². The van der Waals surface area contributed by atoms with Crippen LogP contribution in [-0.4, -0.2) is 29.0 Å². The number of amides is 1. The number of nitrogens with one attached hydrogen (secondary N) is 1. The van der Waals surface area contributed by atoms with Gasteiger partial charge in [-0.2, -0.15) is 0 Å². The Bertz CT molecular complexity index is 432. The number of phenolic OH excluding ortho intramolecular Hbond substituents is 2. The molecule has 0 unspecified atom stereocenters. The lowest BCUT2D eigenvalue weighted by molar-refractivity contribution is -0.116. The third-order valence-electron chi connectivity index (χ3n) is 1.77. The number of Topliss-reactive ketones (excluding diaryl/α,β-unsaturated/α-hetero) is 1. The van der Waals surface area contributed by atoms with Crippen molar-refractivity contribution in [2.24, 2.45) is 0 Å². The van der Waals surface area contributed by atoms with Crippen LogP contribution in [-0.2, 0) is 4.79 Å². The van der Waals surface area contributed by atoms with Gasteiger partial charge < -0.3 is 15.5 Å². The molecule has 0 fully saturated rings. The van der Waals surface area contributed by atoms with Crippen molar-refractivity contribution in [2.75, 3.05) is 7.05 Å². The Morgan fingerprint density at radius 2 is 1.76 bits per heavy atom. The minimum Gasteiger partial charge on any atom is -0.504 e. The molecule has 0 aliphatic carbocycles. The Morgan fingerprint density at radius 1 is 1.24 bits per heavy atom. The Morgan fingerprint density at radius 3 is 2.24 bits per heavy atom. The van der Waals surface area contributed by atoms with Crippen molar-refractivity contribution in [1.82, 2.24) is 5.32 Å². The second-order valence-corrected chi connectivity index (χ2v) is 3.08. The number of rotatable bonds is 2. The molecule has 0 saturated heterocycles. The summed E-state index contributed by atoms with van der Waals surface area (Å²) in [5.74, 6) is -2.79. The van der Waals surface area contributed by atoms with Gasteiger partial charge in [-0.25, -0.2) is 0 Å². The number of carbonyl (C=O) groups is 2. The van der Waals surface area contributed by atoms with Crippen LogP contribution in [0.1, 0.15) is 24.2 Å². The van der Waals surface area contributed by atoms with Crippen LogP contribution in [0.15, 0.2) is 12.1 Å². The maximum Gasteiger partial charge on any atom is 0.292 e. The molecular weight excluding hydrogens is 246 g/mol. The standard InChI is InChI=1S/C9H8ClNO4.C2H6/c1-11-9(15)7(13)4-2-3-5(12)8(14)6(4)10;1-2/h2-3,12,14H,1H3,(H,11,15);1-2H3. The fraction of sp³-hybridized carbons (Fsp3) is 0.273. The summed E-state index contributed by atoms with van der Waals surface area (Å²) < 4.78 is 0. The van der Waals surface area contributed by atoms with Gasteiger partial charge in [0.15, 0.2) is 11.5 Å². The molecule has 0 aromatic heterocycles. The first kappa shape index (κ1) is 15.2. The molecular formula is C11H14ClNO4. The zero-order valence-electron chi connectivity index (χ0n) is 9.74. The van der Waals surface area contributed by atoms with E-state index in [0.29, 0.717) is 0 Å². The summed E-state index contributed by atoms with van der Waals surface area (Å²) in [5.41, 5.74) is -0.161. The maximum atomic E-state index is 11.4. The molecule has 0 spiro atoms. The van der Waals surface area contributed by atoms with Gasteiger partial charge in [0, 0.05) is 7.05 Å². The van der Waals surface area contributed by atoms with E-state index in [2.05, 4.69) is 5.32 Å². The molecule has 0 aliphatic heterocycles. The van der Waals surface area contributed by atoms with Crippen LogP contribution >= 0.6 is 11.6 Å². The fourth-order valence-electron chi connectivity index (χ4n) is 0.966. The predicted molar refractivity (Wildman–Crippen MR) is 64.5 cm³/mol. The van der Waals surface area contributed by atoms with Gasteiger partial charge in [0.25, 0.3) is 11.7 Å². The predicted octanol–water partition coefficient (Wildman–Crippen LogP) is 1.71. The van der Waals surface area contributed by atoms with Gasteiger partial charge in [0.2, 0.25) is 0 Å². The molecule has 94 valence electrons. The number of hydrogen-bond donors (Lipinski definition) is 3. The summed E-state index contributed by atoms with van der Waals surface area (Å²) in [7, 11) is 1.30. The van der Waals surface area contributed by atoms with Gasteiger partial charge in [-0.15, -0.1) is 0 Å². The Labute approximate surface area is 104 Å². The number of likely N-dealkylation sites (N-methyl/N-ethyl adjacent to an activating group) is 1. The van der Waals surface area contributed by atoms with Crippen LogP contribution in [0.2, 0.25) is 5.02 Å². The summed E-state index contributed by atoms with van der Waals surface area (Å²) in [6.07, 6.45) is 0. The van der Waals surface area contributed by atoms with Gasteiger partial charge >= 0.3 is 0 Å². The highest BCUT2D eigenvalue weighted by Gasteiger charge is 2.20. The van der Waals surface area contributed by atoms with Crippen LogP contribution < -0.4 is 5.32 Å². The lowest BCUT2D eigenvalue weighted by atomic mass is 10.1. The SMILES string of the molecule is CC.CNC(=O)C(=O)c1ccc(O)c(O)c1Cl. The smallest absolute Gasteiger partial charge is 0.292 e. The van der Waals surface area contributed by atoms with Crippen LogP contribution in [0, 0.1) is 0 Å². The molecule has 0 radical (unpaired) electrons. The minimum absolute atomic E-state index is 0.161. The third kappa shape index (κ3) is 3.35. The van der Waals surface area contributed by atoms with E-state index in [9.17, 15) is 14.7 Å². The highest BCUT2D eigenvalue weighted by molar-refractivity contribution is 6.47. The van der Waals surface area contributed by atoms with Crippen molar-refractivity contribution >= 4 is 23.3 Å². The first-order valence-corrected chi connectivity index (χ1v) is 5.33. The Hall–Kier alpha value is -1.75. The summed E-state index contributed by atoms with van der Waals surface area (Å²) in [5, 5.41) is 20.1. The second kappa shape index (κ2) is 6.75. The van der Waals surface area contributed by atoms with E-state index < -0.39 is 23.2 Å². The second-order valence-electron chi connectivity index (χ2n) is 2.70. The number of ketones is 1. The highest BCUT2D eigenvalue weighted by Crippen LogP contribution is 2.35. The zero-order chi connectivity index (χ0) is 13.6. The van der Waals surface area contributed by atoms with Crippen molar-refractivity contribution in [3.05, 3.63) is 22.7 Å². The lowest BCUT2D eigenvalue weighted by Gasteiger charge is -2.05. The molecule has 0 heterocycles. The van der Waals surface area contributed by atoms with Gasteiger partial charge in [-0.3, -0.25) is 9.59 Å². The van der Waals surface area contributed by atoms with Crippen molar-refractivity contribution in [1.29, 1.82) is 0 Å². The van der Waals surface area contributed by atoms with E-state index in [-0.39, 0.29) is 10.6 Å². The average molecular weight is 260 g/mol. The van der Waals surface area contributed by atoms with Crippen molar-refractivity contribution in [3.8, 4) is 11.5 Å². The highest BCUT2D eigenvalue weighted by atomic mass is 35.5. The molecule has 1 aromatic carbocycles. The van der Waals surface area contributed by atoms with E-state index >= 15 is 0 Å². The largest absolute Gasteiger partial charge is 0.504 e.